The summed E-state index contributed by atoms with van der Waals surface area (Å²) in [7, 11) is 0. The molecule has 0 aliphatic carbocycles. The zero-order valence-corrected chi connectivity index (χ0v) is 18.0. The summed E-state index contributed by atoms with van der Waals surface area (Å²) in [6, 6.07) is 9.99. The third-order valence-corrected chi connectivity index (χ3v) is 5.64. The molecule has 0 radical (unpaired) electrons. The molecule has 1 fully saturated rings. The van der Waals surface area contributed by atoms with Crippen molar-refractivity contribution in [3.05, 3.63) is 59.0 Å². The van der Waals surface area contributed by atoms with E-state index < -0.39 is 11.9 Å². The number of halogens is 3. The van der Waals surface area contributed by atoms with Gasteiger partial charge in [-0.3, -0.25) is 4.79 Å². The summed E-state index contributed by atoms with van der Waals surface area (Å²) < 4.78 is 47.2. The minimum atomic E-state index is -4.55. The highest BCUT2D eigenvalue weighted by Gasteiger charge is 2.36. The van der Waals surface area contributed by atoms with Crippen LogP contribution in [0.5, 0.6) is 5.75 Å². The number of rotatable bonds is 5. The Morgan fingerprint density at radius 3 is 2.66 bits per heavy atom. The fourth-order valence-electron chi connectivity index (χ4n) is 4.12. The van der Waals surface area contributed by atoms with Crippen LogP contribution in [0.2, 0.25) is 0 Å². The molecule has 0 saturated carbocycles. The Balaban J connectivity index is 1.52. The van der Waals surface area contributed by atoms with Crippen molar-refractivity contribution in [3.63, 3.8) is 0 Å². The van der Waals surface area contributed by atoms with E-state index in [0.29, 0.717) is 43.9 Å². The van der Waals surface area contributed by atoms with Crippen LogP contribution in [0.25, 0.3) is 5.65 Å². The predicted molar refractivity (Wildman–Crippen MR) is 113 cm³/mol. The molecule has 0 bridgehead atoms. The molecule has 9 heteroatoms. The number of amides is 1. The molecule has 32 heavy (non-hydrogen) atoms. The van der Waals surface area contributed by atoms with E-state index in [1.165, 1.54) is 6.07 Å². The zero-order valence-electron chi connectivity index (χ0n) is 18.0. The Kier molecular flexibility index (Phi) is 6.08. The van der Waals surface area contributed by atoms with E-state index in [4.69, 9.17) is 4.74 Å². The van der Waals surface area contributed by atoms with Gasteiger partial charge in [0.25, 0.3) is 0 Å². The number of piperidine rings is 1. The molecule has 3 aromatic rings. The number of aromatic nitrogens is 3. The lowest BCUT2D eigenvalue weighted by molar-refractivity contribution is -0.142. The molecule has 6 nitrogen and oxygen atoms in total. The highest BCUT2D eigenvalue weighted by Crippen LogP contribution is 2.33. The minimum absolute atomic E-state index is 0.0452. The molecule has 0 N–H and O–H groups in total. The molecule has 0 spiro atoms. The standard InChI is InChI=1S/C23H25F3N4O2/c1-3-32-18-8-6-16(7-9-18)12-22(31)29-10-4-5-17(14-29)19-13-20(23(24,25)26)30-21(27-19)11-15(2)28-30/h6-9,11,13,17H,3-5,10,12,14H2,1-2H3. The maximum atomic E-state index is 13.6. The molecule has 1 amide bonds. The van der Waals surface area contributed by atoms with Crippen LogP contribution in [0.15, 0.2) is 36.4 Å². The smallest absolute Gasteiger partial charge is 0.433 e. The summed E-state index contributed by atoms with van der Waals surface area (Å²) in [5.74, 6) is 0.448. The van der Waals surface area contributed by atoms with Crippen molar-refractivity contribution in [2.45, 2.75) is 45.2 Å². The summed E-state index contributed by atoms with van der Waals surface area (Å²) in [6.45, 7) is 5.05. The summed E-state index contributed by atoms with van der Waals surface area (Å²) in [4.78, 5) is 19.1. The Labute approximate surface area is 184 Å². The second kappa shape index (κ2) is 8.80. The van der Waals surface area contributed by atoms with Gasteiger partial charge in [0, 0.05) is 30.8 Å². The predicted octanol–water partition coefficient (Wildman–Crippen LogP) is 4.40. The SMILES string of the molecule is CCOc1ccc(CC(=O)N2CCCC(c3cc(C(F)(F)F)n4nc(C)cc4n3)C2)cc1. The molecule has 3 heterocycles. The van der Waals surface area contributed by atoms with Crippen LogP contribution >= 0.6 is 0 Å². The van der Waals surface area contributed by atoms with Gasteiger partial charge in [0.1, 0.15) is 11.4 Å². The topological polar surface area (TPSA) is 59.7 Å². The second-order valence-corrected chi connectivity index (χ2v) is 8.05. The first kappa shape index (κ1) is 22.1. The Morgan fingerprint density at radius 1 is 1.22 bits per heavy atom. The van der Waals surface area contributed by atoms with E-state index in [1.807, 2.05) is 31.2 Å². The zero-order chi connectivity index (χ0) is 22.9. The van der Waals surface area contributed by atoms with Gasteiger partial charge in [-0.05, 0) is 50.5 Å². The van der Waals surface area contributed by atoms with Crippen molar-refractivity contribution in [2.75, 3.05) is 19.7 Å². The van der Waals surface area contributed by atoms with Crippen LogP contribution in [-0.2, 0) is 17.4 Å². The third kappa shape index (κ3) is 4.71. The van der Waals surface area contributed by atoms with Crippen LogP contribution in [0.4, 0.5) is 13.2 Å². The largest absolute Gasteiger partial charge is 0.494 e. The first-order valence-corrected chi connectivity index (χ1v) is 10.7. The number of hydrogen-bond donors (Lipinski definition) is 0. The van der Waals surface area contributed by atoms with Gasteiger partial charge < -0.3 is 9.64 Å². The maximum absolute atomic E-state index is 13.6. The average Bonchev–Trinajstić information content (AvgIpc) is 3.14. The first-order valence-electron chi connectivity index (χ1n) is 10.7. The van der Waals surface area contributed by atoms with E-state index in [-0.39, 0.29) is 23.9 Å². The monoisotopic (exact) mass is 446 g/mol. The van der Waals surface area contributed by atoms with Gasteiger partial charge >= 0.3 is 6.18 Å². The second-order valence-electron chi connectivity index (χ2n) is 8.05. The molecule has 2 aromatic heterocycles. The Morgan fingerprint density at radius 2 is 1.97 bits per heavy atom. The summed E-state index contributed by atoms with van der Waals surface area (Å²) in [6.07, 6.45) is -2.92. The van der Waals surface area contributed by atoms with Crippen LogP contribution in [0.3, 0.4) is 0 Å². The van der Waals surface area contributed by atoms with Crippen molar-refractivity contribution >= 4 is 11.6 Å². The van der Waals surface area contributed by atoms with Gasteiger partial charge in [0.15, 0.2) is 5.65 Å². The molecular formula is C23H25F3N4O2. The molecule has 170 valence electrons. The number of carbonyl (C=O) groups excluding carboxylic acids is 1. The van der Waals surface area contributed by atoms with Gasteiger partial charge in [0.05, 0.1) is 18.7 Å². The number of ether oxygens (including phenoxy) is 1. The Hall–Kier alpha value is -3.10. The molecule has 4 rings (SSSR count). The average molecular weight is 446 g/mol. The number of aryl methyl sites for hydroxylation is 1. The van der Waals surface area contributed by atoms with Gasteiger partial charge in [-0.1, -0.05) is 12.1 Å². The van der Waals surface area contributed by atoms with Crippen LogP contribution in [0, 0.1) is 6.92 Å². The summed E-state index contributed by atoms with van der Waals surface area (Å²) >= 11 is 0. The summed E-state index contributed by atoms with van der Waals surface area (Å²) in [5, 5.41) is 3.93. The van der Waals surface area contributed by atoms with Gasteiger partial charge in [0.2, 0.25) is 5.91 Å². The lowest BCUT2D eigenvalue weighted by atomic mass is 9.93. The lowest BCUT2D eigenvalue weighted by Gasteiger charge is -2.33. The fraction of sp³-hybridized carbons (Fsp3) is 0.435. The molecule has 1 atom stereocenters. The van der Waals surface area contributed by atoms with Gasteiger partial charge in [-0.25, -0.2) is 9.50 Å². The summed E-state index contributed by atoms with van der Waals surface area (Å²) in [5.41, 5.74) is 1.02. The molecular weight excluding hydrogens is 421 g/mol. The van der Waals surface area contributed by atoms with E-state index in [2.05, 4.69) is 10.1 Å². The van der Waals surface area contributed by atoms with Crippen LogP contribution in [-0.4, -0.2) is 45.1 Å². The van der Waals surface area contributed by atoms with Crippen molar-refractivity contribution in [2.24, 2.45) is 0 Å². The number of fused-ring (bicyclic) bond motifs is 1. The van der Waals surface area contributed by atoms with Crippen LogP contribution < -0.4 is 4.74 Å². The van der Waals surface area contributed by atoms with Gasteiger partial charge in [-0.15, -0.1) is 0 Å². The quantitative estimate of drug-likeness (QED) is 0.583. The van der Waals surface area contributed by atoms with Crippen molar-refractivity contribution < 1.29 is 22.7 Å². The molecule has 1 aliphatic heterocycles. The Bertz CT molecular complexity index is 1110. The van der Waals surface area contributed by atoms with Crippen LogP contribution in [0.1, 0.15) is 48.3 Å². The van der Waals surface area contributed by atoms with E-state index in [9.17, 15) is 18.0 Å². The molecule has 1 aliphatic rings. The number of hydrogen-bond acceptors (Lipinski definition) is 4. The molecule has 1 unspecified atom stereocenters. The number of alkyl halides is 3. The highest BCUT2D eigenvalue weighted by atomic mass is 19.4. The minimum Gasteiger partial charge on any atom is -0.494 e. The number of carbonyl (C=O) groups is 1. The first-order chi connectivity index (χ1) is 15.2. The number of nitrogens with zero attached hydrogens (tertiary/aromatic N) is 4. The lowest BCUT2D eigenvalue weighted by Crippen LogP contribution is -2.40. The molecule has 1 saturated heterocycles. The van der Waals surface area contributed by atoms with E-state index in [0.717, 1.165) is 21.9 Å². The van der Waals surface area contributed by atoms with E-state index in [1.54, 1.807) is 11.8 Å². The third-order valence-electron chi connectivity index (χ3n) is 5.64. The van der Waals surface area contributed by atoms with Crippen molar-refractivity contribution in [1.82, 2.24) is 19.5 Å². The normalized spacial score (nSPS) is 17.0. The molecule has 1 aromatic carbocycles. The van der Waals surface area contributed by atoms with Crippen molar-refractivity contribution in [1.29, 1.82) is 0 Å². The van der Waals surface area contributed by atoms with Crippen molar-refractivity contribution in [3.8, 4) is 5.75 Å². The number of benzene rings is 1. The van der Waals surface area contributed by atoms with E-state index >= 15 is 0 Å². The maximum Gasteiger partial charge on any atom is 0.433 e. The van der Waals surface area contributed by atoms with Gasteiger partial charge in [-0.2, -0.15) is 18.3 Å². The highest BCUT2D eigenvalue weighted by molar-refractivity contribution is 5.79. The fourth-order valence-corrected chi connectivity index (χ4v) is 4.12. The number of likely N-dealkylation sites (tertiary alicyclic amines) is 1.